The Kier molecular flexibility index (Phi) is 8.68. The lowest BCUT2D eigenvalue weighted by Crippen LogP contribution is -2.72. The number of hydrogen-bond donors (Lipinski definition) is 4. The van der Waals surface area contributed by atoms with Gasteiger partial charge in [0.1, 0.15) is 17.7 Å². The topological polar surface area (TPSA) is 166 Å². The van der Waals surface area contributed by atoms with Gasteiger partial charge in [0.2, 0.25) is 0 Å². The van der Waals surface area contributed by atoms with Crippen molar-refractivity contribution in [2.24, 2.45) is 10.8 Å². The van der Waals surface area contributed by atoms with Gasteiger partial charge in [0.15, 0.2) is 11.6 Å². The molecule has 9 rings (SSSR count). The van der Waals surface area contributed by atoms with E-state index in [0.717, 1.165) is 69.7 Å². The van der Waals surface area contributed by atoms with Gasteiger partial charge in [0, 0.05) is 78.8 Å². The highest BCUT2D eigenvalue weighted by atomic mass is 16.5. The molecule has 13 heteroatoms. The molecule has 0 radical (unpaired) electrons. The van der Waals surface area contributed by atoms with Crippen molar-refractivity contribution in [3.8, 4) is 5.75 Å². The number of carbonyl (C=O) groups is 3. The number of carbonyl (C=O) groups excluding carboxylic acids is 3. The summed E-state index contributed by atoms with van der Waals surface area (Å²) in [5, 5.41) is 24.5. The maximum Gasteiger partial charge on any atom is 0.262 e. The molecular formula is C40H48N8O5. The fourth-order valence-electron chi connectivity index (χ4n) is 9.07. The number of aldehydes is 1. The molecule has 5 fully saturated rings. The number of anilines is 2. The lowest BCUT2D eigenvalue weighted by Gasteiger charge is -2.61. The number of hydrogen-bond acceptors (Lipinski definition) is 12. The molecule has 1 aromatic carbocycles. The molecule has 3 aliphatic carbocycles. The van der Waals surface area contributed by atoms with Gasteiger partial charge in [-0.25, -0.2) is 0 Å². The van der Waals surface area contributed by atoms with Crippen molar-refractivity contribution in [1.82, 2.24) is 30.6 Å². The molecule has 1 aromatic heterocycles. The standard InChI is InChI=1S/C23H26N4O3.C17H22N4O2/c1-15-4-7-20(16(2)24-15)27-21(29)18-6-5-17(10-19(18)22(27)30)26-13-23(14-26)11-25(12-23)8-3-9-28;1-19-17-9-16(17,10-17)6-7-23-14-8-12(20-21-15(14)18)11-4-2-3-5-13(11)22/h5-6,9-10,20,24H,1-4,7-8,11-14H2;4-5,8,19,22H,2-3,6-7,9-10H2,1H3,(H2,18,21). The monoisotopic (exact) mass is 720 g/mol. The zero-order valence-corrected chi connectivity index (χ0v) is 30.3. The number of aliphatic hydroxyl groups is 1. The van der Waals surface area contributed by atoms with E-state index in [9.17, 15) is 19.5 Å². The molecule has 2 amide bonds. The zero-order valence-electron chi connectivity index (χ0n) is 30.3. The number of fused-ring (bicyclic) bond motifs is 2. The van der Waals surface area contributed by atoms with E-state index in [-0.39, 0.29) is 29.4 Å². The summed E-state index contributed by atoms with van der Waals surface area (Å²) < 4.78 is 5.85. The molecule has 2 aromatic rings. The van der Waals surface area contributed by atoms with Gasteiger partial charge in [-0.15, -0.1) is 10.2 Å². The van der Waals surface area contributed by atoms with Gasteiger partial charge in [-0.2, -0.15) is 0 Å². The van der Waals surface area contributed by atoms with E-state index in [2.05, 4.69) is 43.8 Å². The number of amides is 2. The van der Waals surface area contributed by atoms with E-state index in [0.29, 0.717) is 76.1 Å². The van der Waals surface area contributed by atoms with Crippen molar-refractivity contribution in [2.75, 3.05) is 57.0 Å². The van der Waals surface area contributed by atoms with E-state index in [1.54, 1.807) is 18.2 Å². The predicted molar refractivity (Wildman–Crippen MR) is 201 cm³/mol. The first kappa shape index (κ1) is 35.0. The molecule has 5 heterocycles. The Balaban J connectivity index is 0.000000156. The summed E-state index contributed by atoms with van der Waals surface area (Å²) in [7, 11) is 2.03. The van der Waals surface area contributed by atoms with Gasteiger partial charge in [0.05, 0.1) is 23.8 Å². The molecule has 1 spiro atoms. The van der Waals surface area contributed by atoms with Crippen LogP contribution in [0.5, 0.6) is 5.75 Å². The zero-order chi connectivity index (χ0) is 37.1. The van der Waals surface area contributed by atoms with Crippen LogP contribution in [0.15, 0.2) is 66.7 Å². The maximum absolute atomic E-state index is 13.1. The number of likely N-dealkylation sites (tertiary alicyclic amines) is 1. The van der Waals surface area contributed by atoms with Gasteiger partial charge in [-0.05, 0) is 81.7 Å². The molecule has 278 valence electrons. The predicted octanol–water partition coefficient (Wildman–Crippen LogP) is 3.97. The molecule has 3 saturated heterocycles. The van der Waals surface area contributed by atoms with E-state index in [4.69, 9.17) is 10.5 Å². The largest absolute Gasteiger partial charge is 0.508 e. The van der Waals surface area contributed by atoms with Gasteiger partial charge >= 0.3 is 0 Å². The molecule has 1 unspecified atom stereocenters. The molecule has 4 aliphatic heterocycles. The first-order chi connectivity index (χ1) is 25.5. The van der Waals surface area contributed by atoms with Crippen molar-refractivity contribution < 1.29 is 24.2 Å². The Bertz CT molecular complexity index is 1950. The van der Waals surface area contributed by atoms with E-state index in [1.807, 2.05) is 25.3 Å². The molecule has 13 nitrogen and oxygen atoms in total. The van der Waals surface area contributed by atoms with Crippen LogP contribution in [0.2, 0.25) is 0 Å². The minimum atomic E-state index is -0.342. The Morgan fingerprint density at radius 2 is 1.83 bits per heavy atom. The van der Waals surface area contributed by atoms with Crippen LogP contribution in [0.1, 0.15) is 77.8 Å². The number of benzene rings is 1. The van der Waals surface area contributed by atoms with Crippen LogP contribution in [0.4, 0.5) is 11.5 Å². The van der Waals surface area contributed by atoms with Crippen molar-refractivity contribution in [1.29, 1.82) is 0 Å². The SMILES string of the molecule is C=C1CCC(N2C(=O)c3ccc(N4CC5(CN(CCC=O)C5)C4)cc3C2=O)C(=C)N1.CNC12CC1(CCOc1cc(C3=CCCC=C3O)nnc1N)C2. The van der Waals surface area contributed by atoms with Crippen molar-refractivity contribution in [3.05, 3.63) is 83.5 Å². The Morgan fingerprint density at radius 3 is 2.53 bits per heavy atom. The van der Waals surface area contributed by atoms with Gasteiger partial charge in [-0.1, -0.05) is 19.2 Å². The smallest absolute Gasteiger partial charge is 0.262 e. The van der Waals surface area contributed by atoms with Crippen molar-refractivity contribution in [2.45, 2.75) is 62.9 Å². The quantitative estimate of drug-likeness (QED) is 0.195. The van der Waals surface area contributed by atoms with Crippen LogP contribution in [0.3, 0.4) is 0 Å². The molecule has 1 atom stereocenters. The van der Waals surface area contributed by atoms with Crippen LogP contribution in [0.25, 0.3) is 5.57 Å². The molecule has 7 aliphatic rings. The van der Waals surface area contributed by atoms with Crippen molar-refractivity contribution in [3.63, 3.8) is 0 Å². The third-order valence-electron chi connectivity index (χ3n) is 12.3. The number of piperidine rings is 1. The fourth-order valence-corrected chi connectivity index (χ4v) is 9.07. The lowest BCUT2D eigenvalue weighted by atomic mass is 9.72. The van der Waals surface area contributed by atoms with Crippen LogP contribution in [-0.4, -0.2) is 101 Å². The van der Waals surface area contributed by atoms with E-state index in [1.165, 1.54) is 17.7 Å². The summed E-state index contributed by atoms with van der Waals surface area (Å²) in [5.41, 5.74) is 11.8. The molecule has 5 N–H and O–H groups in total. The minimum Gasteiger partial charge on any atom is -0.508 e. The highest BCUT2D eigenvalue weighted by molar-refractivity contribution is 6.22. The number of nitrogens with two attached hydrogens (primary N) is 1. The number of nitrogens with one attached hydrogen (secondary N) is 2. The molecule has 2 saturated carbocycles. The second-order valence-electron chi connectivity index (χ2n) is 15.9. The average Bonchev–Trinajstić information content (AvgIpc) is 3.92. The number of rotatable bonds is 11. The highest BCUT2D eigenvalue weighted by Gasteiger charge is 2.81. The number of imide groups is 1. The molecule has 0 bridgehead atoms. The molecule has 53 heavy (non-hydrogen) atoms. The summed E-state index contributed by atoms with van der Waals surface area (Å²) >= 11 is 0. The van der Waals surface area contributed by atoms with Crippen LogP contribution in [-0.2, 0) is 4.79 Å². The van der Waals surface area contributed by atoms with Crippen LogP contribution >= 0.6 is 0 Å². The normalized spacial score (nSPS) is 27.7. The first-order valence-corrected chi connectivity index (χ1v) is 18.6. The summed E-state index contributed by atoms with van der Waals surface area (Å²) in [6.07, 6.45) is 11.9. The number of ether oxygens (including phenoxy) is 1. The van der Waals surface area contributed by atoms with Gasteiger partial charge in [0.25, 0.3) is 11.8 Å². The molecular weight excluding hydrogens is 672 g/mol. The minimum absolute atomic E-state index is 0.240. The highest BCUT2D eigenvalue weighted by Crippen LogP contribution is 2.80. The van der Waals surface area contributed by atoms with E-state index >= 15 is 0 Å². The third-order valence-corrected chi connectivity index (χ3v) is 12.3. The maximum atomic E-state index is 13.1. The second kappa shape index (κ2) is 13.1. The number of allylic oxidation sites excluding steroid dienone is 4. The van der Waals surface area contributed by atoms with Crippen LogP contribution in [0, 0.1) is 10.8 Å². The third kappa shape index (κ3) is 6.19. The number of nitrogens with zero attached hydrogens (tertiary/aromatic N) is 5. The number of aromatic nitrogens is 2. The Hall–Kier alpha value is -5.01. The Morgan fingerprint density at radius 1 is 1.08 bits per heavy atom. The fraction of sp³-hybridized carbons (Fsp3) is 0.475. The summed E-state index contributed by atoms with van der Waals surface area (Å²) in [4.78, 5) is 42.5. The number of nitrogen functional groups attached to an aromatic ring is 1. The van der Waals surface area contributed by atoms with Crippen LogP contribution < -0.4 is 26.0 Å². The summed E-state index contributed by atoms with van der Waals surface area (Å²) in [6.45, 7) is 13.3. The summed E-state index contributed by atoms with van der Waals surface area (Å²) in [6, 6.07) is 7.02. The van der Waals surface area contributed by atoms with E-state index < -0.39 is 0 Å². The van der Waals surface area contributed by atoms with Crippen molar-refractivity contribution >= 4 is 35.2 Å². The van der Waals surface area contributed by atoms with Gasteiger partial charge in [-0.3, -0.25) is 14.5 Å². The lowest BCUT2D eigenvalue weighted by molar-refractivity contribution is -0.109. The number of aliphatic hydroxyl groups excluding tert-OH is 1. The second-order valence-corrected chi connectivity index (χ2v) is 15.9. The van der Waals surface area contributed by atoms with Gasteiger partial charge < -0.3 is 40.8 Å². The first-order valence-electron chi connectivity index (χ1n) is 18.6. The summed E-state index contributed by atoms with van der Waals surface area (Å²) in [5.74, 6) is 0.595. The Labute approximate surface area is 309 Å². The average molecular weight is 721 g/mol.